The molecule has 1 aliphatic carbocycles. The molecule has 0 spiro atoms. The van der Waals surface area contributed by atoms with Gasteiger partial charge in [0.05, 0.1) is 6.04 Å². The highest BCUT2D eigenvalue weighted by Gasteiger charge is 2.44. The Morgan fingerprint density at radius 1 is 1.29 bits per heavy atom. The van der Waals surface area contributed by atoms with Gasteiger partial charge in [-0.05, 0) is 37.0 Å². The molecule has 1 aliphatic heterocycles. The maximum absolute atomic E-state index is 12.3. The minimum absolute atomic E-state index is 0.0885. The number of benzene rings is 1. The molecule has 24 heavy (non-hydrogen) atoms. The maximum Gasteiger partial charge on any atom is 0.327 e. The molecular weight excluding hydrogens is 330 g/mol. The quantitative estimate of drug-likeness (QED) is 0.801. The monoisotopic (exact) mass is 349 g/mol. The summed E-state index contributed by atoms with van der Waals surface area (Å²) < 4.78 is 0. The fourth-order valence-electron chi connectivity index (χ4n) is 2.89. The third-order valence-corrected chi connectivity index (χ3v) is 4.64. The van der Waals surface area contributed by atoms with Crippen LogP contribution in [0.25, 0.3) is 0 Å². The van der Waals surface area contributed by atoms with E-state index in [1.165, 1.54) is 0 Å². The average molecular weight is 350 g/mol. The summed E-state index contributed by atoms with van der Waals surface area (Å²) in [6.07, 6.45) is 2.57. The summed E-state index contributed by atoms with van der Waals surface area (Å²) in [5.74, 6) is -0.641. The predicted molar refractivity (Wildman–Crippen MR) is 89.5 cm³/mol. The highest BCUT2D eigenvalue weighted by atomic mass is 35.5. The molecule has 2 aliphatic rings. The lowest BCUT2D eigenvalue weighted by molar-refractivity contribution is -0.131. The molecule has 1 aromatic carbocycles. The van der Waals surface area contributed by atoms with Crippen LogP contribution in [0.1, 0.15) is 37.8 Å². The van der Waals surface area contributed by atoms with Crippen molar-refractivity contribution >= 4 is 29.4 Å². The number of rotatable bonds is 6. The number of carbonyl (C=O) groups is 3. The van der Waals surface area contributed by atoms with Crippen LogP contribution in [-0.4, -0.2) is 46.8 Å². The van der Waals surface area contributed by atoms with Gasteiger partial charge in [0.1, 0.15) is 13.1 Å². The second kappa shape index (κ2) is 6.81. The summed E-state index contributed by atoms with van der Waals surface area (Å²) in [7, 11) is 0. The van der Waals surface area contributed by atoms with E-state index < -0.39 is 0 Å². The third-order valence-electron chi connectivity index (χ3n) is 4.39. The van der Waals surface area contributed by atoms with E-state index in [4.69, 9.17) is 11.6 Å². The van der Waals surface area contributed by atoms with Gasteiger partial charge in [0.2, 0.25) is 5.91 Å². The van der Waals surface area contributed by atoms with Gasteiger partial charge >= 0.3 is 6.03 Å². The Morgan fingerprint density at radius 3 is 2.54 bits per heavy atom. The zero-order valence-corrected chi connectivity index (χ0v) is 14.3. The first-order chi connectivity index (χ1) is 11.5. The standard InChI is InChI=1S/C17H20ClN3O3/c1-2-14(11-3-5-12(18)6-4-11)19-15(22)9-21-16(23)10-20(17(21)24)13-7-8-13/h3-6,13-14H,2,7-10H2,1H3,(H,19,22). The largest absolute Gasteiger partial charge is 0.348 e. The minimum atomic E-state index is -0.350. The number of hydrogen-bond acceptors (Lipinski definition) is 3. The number of urea groups is 1. The van der Waals surface area contributed by atoms with E-state index in [0.29, 0.717) is 11.4 Å². The second-order valence-corrected chi connectivity index (χ2v) is 6.64. The van der Waals surface area contributed by atoms with E-state index in [9.17, 15) is 14.4 Å². The smallest absolute Gasteiger partial charge is 0.327 e. The molecule has 0 radical (unpaired) electrons. The van der Waals surface area contributed by atoms with Gasteiger partial charge in [-0.15, -0.1) is 0 Å². The number of carbonyl (C=O) groups excluding carboxylic acids is 3. The van der Waals surface area contributed by atoms with Crippen LogP contribution in [0, 0.1) is 0 Å². The Bertz CT molecular complexity index is 658. The maximum atomic E-state index is 12.3. The lowest BCUT2D eigenvalue weighted by atomic mass is 10.0. The van der Waals surface area contributed by atoms with Crippen molar-refractivity contribution in [1.82, 2.24) is 15.1 Å². The van der Waals surface area contributed by atoms with Crippen molar-refractivity contribution < 1.29 is 14.4 Å². The molecule has 4 amide bonds. The third kappa shape index (κ3) is 3.53. The first kappa shape index (κ1) is 16.8. The van der Waals surface area contributed by atoms with Crippen molar-refractivity contribution in [2.24, 2.45) is 0 Å². The molecule has 128 valence electrons. The first-order valence-electron chi connectivity index (χ1n) is 8.15. The van der Waals surface area contributed by atoms with E-state index >= 15 is 0 Å². The van der Waals surface area contributed by atoms with Gasteiger partial charge in [-0.2, -0.15) is 0 Å². The zero-order valence-electron chi connectivity index (χ0n) is 13.5. The van der Waals surface area contributed by atoms with Crippen molar-refractivity contribution in [3.05, 3.63) is 34.9 Å². The molecule has 7 heteroatoms. The Kier molecular flexibility index (Phi) is 4.76. The number of halogens is 1. The summed E-state index contributed by atoms with van der Waals surface area (Å²) in [4.78, 5) is 39.1. The van der Waals surface area contributed by atoms with Gasteiger partial charge in [0.15, 0.2) is 0 Å². The molecule has 1 unspecified atom stereocenters. The molecule has 2 fully saturated rings. The van der Waals surface area contributed by atoms with E-state index in [1.54, 1.807) is 17.0 Å². The lowest BCUT2D eigenvalue weighted by Crippen LogP contribution is -2.42. The summed E-state index contributed by atoms with van der Waals surface area (Å²) >= 11 is 5.88. The number of hydrogen-bond donors (Lipinski definition) is 1. The van der Waals surface area contributed by atoms with Crippen molar-refractivity contribution in [2.45, 2.75) is 38.3 Å². The fraction of sp³-hybridized carbons (Fsp3) is 0.471. The van der Waals surface area contributed by atoms with Crippen molar-refractivity contribution in [3.63, 3.8) is 0 Å². The Labute approximate surface area is 145 Å². The van der Waals surface area contributed by atoms with Crippen LogP contribution >= 0.6 is 11.6 Å². The number of nitrogens with zero attached hydrogens (tertiary/aromatic N) is 2. The Hall–Kier alpha value is -2.08. The average Bonchev–Trinajstić information content (AvgIpc) is 3.36. The highest BCUT2D eigenvalue weighted by molar-refractivity contribution is 6.30. The number of amides is 4. The molecule has 1 heterocycles. The van der Waals surface area contributed by atoms with Crippen LogP contribution in [-0.2, 0) is 9.59 Å². The van der Waals surface area contributed by atoms with E-state index in [1.807, 2.05) is 19.1 Å². The van der Waals surface area contributed by atoms with Crippen LogP contribution in [0.2, 0.25) is 5.02 Å². The van der Waals surface area contributed by atoms with Gasteiger partial charge in [-0.25, -0.2) is 4.79 Å². The molecule has 1 atom stereocenters. The molecule has 1 aromatic rings. The zero-order chi connectivity index (χ0) is 17.3. The van der Waals surface area contributed by atoms with Crippen LogP contribution < -0.4 is 5.32 Å². The van der Waals surface area contributed by atoms with Crippen molar-refractivity contribution in [1.29, 1.82) is 0 Å². The molecule has 6 nitrogen and oxygen atoms in total. The molecule has 3 rings (SSSR count). The predicted octanol–water partition coefficient (Wildman–Crippen LogP) is 2.33. The summed E-state index contributed by atoms with van der Waals surface area (Å²) in [5.41, 5.74) is 0.939. The first-order valence-corrected chi connectivity index (χ1v) is 8.53. The van der Waals surface area contributed by atoms with Crippen LogP contribution in [0.5, 0.6) is 0 Å². The van der Waals surface area contributed by atoms with E-state index in [0.717, 1.165) is 23.3 Å². The molecule has 1 saturated heterocycles. The number of imide groups is 1. The van der Waals surface area contributed by atoms with E-state index in [2.05, 4.69) is 5.32 Å². The molecule has 1 N–H and O–H groups in total. The lowest BCUT2D eigenvalue weighted by Gasteiger charge is -2.20. The van der Waals surface area contributed by atoms with Crippen molar-refractivity contribution in [2.75, 3.05) is 13.1 Å². The second-order valence-electron chi connectivity index (χ2n) is 6.20. The summed E-state index contributed by atoms with van der Waals surface area (Å²) in [5, 5.41) is 3.52. The van der Waals surface area contributed by atoms with Crippen LogP contribution in [0.3, 0.4) is 0 Å². The van der Waals surface area contributed by atoms with Crippen molar-refractivity contribution in [3.8, 4) is 0 Å². The minimum Gasteiger partial charge on any atom is -0.348 e. The van der Waals surface area contributed by atoms with E-state index in [-0.39, 0.29) is 43.0 Å². The summed E-state index contributed by atoms with van der Waals surface area (Å²) in [6.45, 7) is 1.82. The molecule has 1 saturated carbocycles. The summed E-state index contributed by atoms with van der Waals surface area (Å²) in [6, 6.07) is 6.90. The van der Waals surface area contributed by atoms with Crippen LogP contribution in [0.4, 0.5) is 4.79 Å². The fourth-order valence-corrected chi connectivity index (χ4v) is 3.01. The van der Waals surface area contributed by atoms with Gasteiger partial charge in [-0.1, -0.05) is 30.7 Å². The van der Waals surface area contributed by atoms with Gasteiger partial charge < -0.3 is 10.2 Å². The molecule has 0 aromatic heterocycles. The Balaban J connectivity index is 1.60. The highest BCUT2D eigenvalue weighted by Crippen LogP contribution is 2.30. The normalized spacial score (nSPS) is 18.9. The molecule has 0 bridgehead atoms. The van der Waals surface area contributed by atoms with Gasteiger partial charge in [-0.3, -0.25) is 14.5 Å². The topological polar surface area (TPSA) is 69.7 Å². The van der Waals surface area contributed by atoms with Gasteiger partial charge in [0, 0.05) is 11.1 Å². The Morgan fingerprint density at radius 2 is 1.96 bits per heavy atom. The van der Waals surface area contributed by atoms with Crippen LogP contribution in [0.15, 0.2) is 24.3 Å². The van der Waals surface area contributed by atoms with Gasteiger partial charge in [0.25, 0.3) is 5.91 Å². The SMILES string of the molecule is CCC(NC(=O)CN1C(=O)CN(C2CC2)C1=O)c1ccc(Cl)cc1. The number of nitrogens with one attached hydrogen (secondary N) is 1. The molecular formula is C17H20ClN3O3.